The maximum Gasteiger partial charge on any atom is 0.305 e. The van der Waals surface area contributed by atoms with E-state index in [4.69, 9.17) is 5.11 Å². The predicted molar refractivity (Wildman–Crippen MR) is 160 cm³/mol. The van der Waals surface area contributed by atoms with E-state index >= 15 is 0 Å². The smallest absolute Gasteiger partial charge is 0.305 e. The molecule has 0 radical (unpaired) electrons. The van der Waals surface area contributed by atoms with Crippen LogP contribution in [0.5, 0.6) is 0 Å². The number of carbonyl (C=O) groups excluding carboxylic acids is 5. The van der Waals surface area contributed by atoms with E-state index in [1.165, 1.54) is 9.80 Å². The number of piperazine rings is 2. The zero-order valence-electron chi connectivity index (χ0n) is 23.8. The van der Waals surface area contributed by atoms with Gasteiger partial charge in [-0.1, -0.05) is 78.9 Å². The molecule has 3 aromatic carbocycles. The van der Waals surface area contributed by atoms with Crippen molar-refractivity contribution in [2.24, 2.45) is 0 Å². The molecule has 44 heavy (non-hydrogen) atoms. The van der Waals surface area contributed by atoms with Gasteiger partial charge >= 0.3 is 5.97 Å². The van der Waals surface area contributed by atoms with Crippen molar-refractivity contribution >= 4 is 41.2 Å². The summed E-state index contributed by atoms with van der Waals surface area (Å²) in [6.45, 7) is 0.626. The summed E-state index contributed by atoms with van der Waals surface area (Å²) >= 11 is 0. The summed E-state index contributed by atoms with van der Waals surface area (Å²) in [5.74, 6) is -2.61. The van der Waals surface area contributed by atoms with Crippen LogP contribution in [0.15, 0.2) is 91.0 Å². The highest BCUT2D eigenvalue weighted by atomic mass is 16.4. The number of nitrogens with one attached hydrogen (secondary N) is 3. The molecule has 2 fully saturated rings. The van der Waals surface area contributed by atoms with Gasteiger partial charge in [0.15, 0.2) is 0 Å². The van der Waals surface area contributed by atoms with Crippen molar-refractivity contribution in [3.63, 3.8) is 0 Å². The number of anilines is 1. The lowest BCUT2D eigenvalue weighted by atomic mass is 10.1. The quantitative estimate of drug-likeness (QED) is 0.290. The Labute approximate surface area is 254 Å². The number of amides is 5. The van der Waals surface area contributed by atoms with Gasteiger partial charge in [-0.25, -0.2) is 0 Å². The largest absolute Gasteiger partial charge is 0.481 e. The molecule has 0 aromatic heterocycles. The number of para-hydroxylation sites is 1. The first-order chi connectivity index (χ1) is 21.2. The van der Waals surface area contributed by atoms with Crippen LogP contribution < -0.4 is 16.0 Å². The van der Waals surface area contributed by atoms with Gasteiger partial charge in [-0.05, 0) is 23.3 Å². The van der Waals surface area contributed by atoms with Gasteiger partial charge in [-0.3, -0.25) is 28.8 Å². The standard InChI is InChI=1S/C19H19N3O3.C13H14N2O4/c23-17(20-15-9-5-2-6-10-15)11-16-19(25)22(13-18(24)21-16)12-14-7-3-1-4-8-14;16-11-8-15(7-9-4-2-1-3-5-9)13(19)10(14-11)6-12(17)18/h1-10,16H,11-13H2,(H,20,23)(H,21,24);1-5,10H,6-8H2,(H,14,16)(H,17,18)/t16-;10-/m11/s1. The molecule has 228 valence electrons. The second kappa shape index (κ2) is 15.1. The zero-order valence-corrected chi connectivity index (χ0v) is 23.8. The molecule has 2 aliphatic rings. The van der Waals surface area contributed by atoms with Crippen molar-refractivity contribution in [3.8, 4) is 0 Å². The third-order valence-electron chi connectivity index (χ3n) is 6.82. The second-order valence-corrected chi connectivity index (χ2v) is 10.3. The van der Waals surface area contributed by atoms with E-state index in [1.807, 2.05) is 78.9 Å². The molecule has 0 bridgehead atoms. The van der Waals surface area contributed by atoms with Gasteiger partial charge in [0.05, 0.1) is 25.9 Å². The van der Waals surface area contributed by atoms with Gasteiger partial charge in [0.1, 0.15) is 12.1 Å². The first-order valence-electron chi connectivity index (χ1n) is 14.0. The minimum Gasteiger partial charge on any atom is -0.481 e. The third-order valence-corrected chi connectivity index (χ3v) is 6.82. The summed E-state index contributed by atoms with van der Waals surface area (Å²) in [6, 6.07) is 25.9. The normalized spacial score (nSPS) is 18.0. The molecule has 3 aromatic rings. The minimum atomic E-state index is -1.11. The monoisotopic (exact) mass is 599 g/mol. The number of carbonyl (C=O) groups is 6. The number of carboxylic acid groups (broad SMARTS) is 1. The Bertz CT molecular complexity index is 1480. The lowest BCUT2D eigenvalue weighted by molar-refractivity contribution is -0.148. The van der Waals surface area contributed by atoms with Gasteiger partial charge in [0, 0.05) is 18.8 Å². The zero-order chi connectivity index (χ0) is 31.5. The predicted octanol–water partition coefficient (Wildman–Crippen LogP) is 1.53. The molecule has 5 rings (SSSR count). The number of nitrogens with zero attached hydrogens (tertiary/aromatic N) is 2. The Morgan fingerprint density at radius 3 is 1.50 bits per heavy atom. The first-order valence-corrected chi connectivity index (χ1v) is 14.0. The molecule has 12 nitrogen and oxygen atoms in total. The van der Waals surface area contributed by atoms with Crippen LogP contribution >= 0.6 is 0 Å². The summed E-state index contributed by atoms with van der Waals surface area (Å²) in [6.07, 6.45) is -0.485. The van der Waals surface area contributed by atoms with Crippen molar-refractivity contribution in [1.82, 2.24) is 20.4 Å². The molecule has 0 aliphatic carbocycles. The molecule has 12 heteroatoms. The number of aliphatic carboxylic acids is 1. The highest BCUT2D eigenvalue weighted by molar-refractivity contribution is 6.00. The van der Waals surface area contributed by atoms with Crippen LogP contribution in [0.4, 0.5) is 5.69 Å². The minimum absolute atomic E-state index is 0.00450. The van der Waals surface area contributed by atoms with Crippen molar-refractivity contribution in [2.75, 3.05) is 18.4 Å². The van der Waals surface area contributed by atoms with Gasteiger partial charge in [-0.15, -0.1) is 0 Å². The molecule has 2 aliphatic heterocycles. The summed E-state index contributed by atoms with van der Waals surface area (Å²) in [4.78, 5) is 73.8. The fraction of sp³-hybridized carbons (Fsp3) is 0.250. The van der Waals surface area contributed by atoms with E-state index in [1.54, 1.807) is 12.1 Å². The van der Waals surface area contributed by atoms with Crippen LogP contribution in [0.3, 0.4) is 0 Å². The van der Waals surface area contributed by atoms with E-state index in [0.717, 1.165) is 11.1 Å². The Morgan fingerprint density at radius 2 is 1.07 bits per heavy atom. The Morgan fingerprint density at radius 1 is 0.659 bits per heavy atom. The molecule has 4 N–H and O–H groups in total. The highest BCUT2D eigenvalue weighted by Crippen LogP contribution is 2.14. The molecule has 0 saturated carbocycles. The average Bonchev–Trinajstić information content (AvgIpc) is 2.99. The fourth-order valence-corrected chi connectivity index (χ4v) is 4.79. The molecular weight excluding hydrogens is 566 g/mol. The molecular formula is C32H33N5O7. The van der Waals surface area contributed by atoms with Crippen LogP contribution in [-0.2, 0) is 41.9 Å². The van der Waals surface area contributed by atoms with E-state index in [-0.39, 0.29) is 49.0 Å². The SMILES string of the molecule is O=C(C[C@H]1NC(=O)CN(Cc2ccccc2)C1=O)Nc1ccccc1.O=C(O)C[C@H]1NC(=O)CN(Cc2ccccc2)C1=O. The molecule has 0 spiro atoms. The molecule has 2 atom stereocenters. The van der Waals surface area contributed by atoms with Crippen molar-refractivity contribution < 1.29 is 33.9 Å². The van der Waals surface area contributed by atoms with Crippen LogP contribution in [0.1, 0.15) is 24.0 Å². The first kappa shape index (κ1) is 31.4. The van der Waals surface area contributed by atoms with Crippen LogP contribution in [0, 0.1) is 0 Å². The highest BCUT2D eigenvalue weighted by Gasteiger charge is 2.35. The summed E-state index contributed by atoms with van der Waals surface area (Å²) in [7, 11) is 0. The molecule has 0 unspecified atom stereocenters. The van der Waals surface area contributed by atoms with E-state index < -0.39 is 24.5 Å². The van der Waals surface area contributed by atoms with Gasteiger partial charge in [-0.2, -0.15) is 0 Å². The summed E-state index contributed by atoms with van der Waals surface area (Å²) in [5.41, 5.74) is 2.50. The average molecular weight is 600 g/mol. The van der Waals surface area contributed by atoms with Crippen LogP contribution in [0.25, 0.3) is 0 Å². The number of rotatable bonds is 9. The number of carboxylic acids is 1. The van der Waals surface area contributed by atoms with E-state index in [9.17, 15) is 28.8 Å². The molecule has 2 saturated heterocycles. The van der Waals surface area contributed by atoms with Crippen LogP contribution in [-0.4, -0.2) is 75.6 Å². The summed E-state index contributed by atoms with van der Waals surface area (Å²) in [5, 5.41) is 16.5. The summed E-state index contributed by atoms with van der Waals surface area (Å²) < 4.78 is 0. The lowest BCUT2D eigenvalue weighted by Crippen LogP contribution is -2.58. The Balaban J connectivity index is 0.000000209. The van der Waals surface area contributed by atoms with Crippen LogP contribution in [0.2, 0.25) is 0 Å². The molecule has 5 amide bonds. The topological polar surface area (TPSA) is 165 Å². The second-order valence-electron chi connectivity index (χ2n) is 10.3. The maximum absolute atomic E-state index is 12.6. The van der Waals surface area contributed by atoms with Gasteiger partial charge < -0.3 is 30.9 Å². The Hall–Kier alpha value is -5.52. The van der Waals surface area contributed by atoms with Crippen molar-refractivity contribution in [1.29, 1.82) is 0 Å². The molecule has 2 heterocycles. The Kier molecular flexibility index (Phi) is 10.8. The fourth-order valence-electron chi connectivity index (χ4n) is 4.79. The lowest BCUT2D eigenvalue weighted by Gasteiger charge is -2.32. The third kappa shape index (κ3) is 9.24. The van der Waals surface area contributed by atoms with Gasteiger partial charge in [0.2, 0.25) is 29.5 Å². The maximum atomic E-state index is 12.6. The number of hydrogen-bond acceptors (Lipinski definition) is 6. The van der Waals surface area contributed by atoms with E-state index in [2.05, 4.69) is 16.0 Å². The van der Waals surface area contributed by atoms with Crippen molar-refractivity contribution in [2.45, 2.75) is 38.0 Å². The number of benzene rings is 3. The van der Waals surface area contributed by atoms with Gasteiger partial charge in [0.25, 0.3) is 0 Å². The number of hydrogen-bond donors (Lipinski definition) is 4. The van der Waals surface area contributed by atoms with Crippen molar-refractivity contribution in [3.05, 3.63) is 102 Å². The van der Waals surface area contributed by atoms with E-state index in [0.29, 0.717) is 18.8 Å².